The molecule has 0 nitrogen and oxygen atoms in total. The maximum atomic E-state index is 3.92. The van der Waals surface area contributed by atoms with Gasteiger partial charge in [0.25, 0.3) is 0 Å². The Morgan fingerprint density at radius 2 is 2.00 bits per heavy atom. The van der Waals surface area contributed by atoms with Crippen LogP contribution in [0.4, 0.5) is 0 Å². The molecule has 0 aliphatic rings. The molecule has 0 aromatic heterocycles. The topological polar surface area (TPSA) is 0 Å². The molecule has 0 saturated heterocycles. The molecular formula is C13H16S. The molecule has 0 heterocycles. The second-order valence-corrected chi connectivity index (χ2v) is 4.96. The van der Waals surface area contributed by atoms with Gasteiger partial charge in [0.15, 0.2) is 0 Å². The average molecular weight is 204 g/mol. The van der Waals surface area contributed by atoms with Crippen molar-refractivity contribution in [1.29, 1.82) is 0 Å². The summed E-state index contributed by atoms with van der Waals surface area (Å²) in [7, 11) is 0. The van der Waals surface area contributed by atoms with E-state index >= 15 is 0 Å². The molecule has 0 radical (unpaired) electrons. The molecule has 0 N–H and O–H groups in total. The van der Waals surface area contributed by atoms with E-state index in [1.807, 2.05) is 6.92 Å². The van der Waals surface area contributed by atoms with E-state index in [9.17, 15) is 0 Å². The lowest BCUT2D eigenvalue weighted by Gasteiger charge is -2.04. The molecule has 0 aliphatic heterocycles. The zero-order valence-electron chi connectivity index (χ0n) is 8.84. The van der Waals surface area contributed by atoms with Gasteiger partial charge in [0, 0.05) is 4.90 Å². The highest BCUT2D eigenvalue weighted by atomic mass is 32.2. The van der Waals surface area contributed by atoms with Crippen molar-refractivity contribution in [2.45, 2.75) is 25.2 Å². The van der Waals surface area contributed by atoms with Crippen LogP contribution in [0, 0.1) is 0 Å². The third kappa shape index (κ3) is 3.84. The van der Waals surface area contributed by atoms with Crippen LogP contribution in [0.3, 0.4) is 0 Å². The predicted octanol–water partition coefficient (Wildman–Crippen LogP) is 4.43. The standard InChI is InChI=1S/C13H16S/c1-10(2)8-12-6-5-7-13(9-12)14-11(3)4/h5-7,9H,1,3,8H2,2,4H3. The molecule has 0 unspecified atom stereocenters. The van der Waals surface area contributed by atoms with Gasteiger partial charge >= 0.3 is 0 Å². The summed E-state index contributed by atoms with van der Waals surface area (Å²) in [5, 5.41) is 0. The summed E-state index contributed by atoms with van der Waals surface area (Å²) >= 11 is 1.72. The zero-order valence-corrected chi connectivity index (χ0v) is 9.66. The highest BCUT2D eigenvalue weighted by Crippen LogP contribution is 2.25. The Morgan fingerprint density at radius 1 is 1.29 bits per heavy atom. The fourth-order valence-electron chi connectivity index (χ4n) is 1.27. The van der Waals surface area contributed by atoms with Crippen LogP contribution in [0.2, 0.25) is 0 Å². The van der Waals surface area contributed by atoms with Gasteiger partial charge in [-0.05, 0) is 42.9 Å². The van der Waals surface area contributed by atoms with E-state index < -0.39 is 0 Å². The van der Waals surface area contributed by atoms with Crippen molar-refractivity contribution >= 4 is 11.8 Å². The van der Waals surface area contributed by atoms with Crippen LogP contribution in [0.5, 0.6) is 0 Å². The monoisotopic (exact) mass is 204 g/mol. The molecule has 0 saturated carbocycles. The first kappa shape index (κ1) is 11.1. The van der Waals surface area contributed by atoms with Crippen LogP contribution in [0.15, 0.2) is 52.8 Å². The van der Waals surface area contributed by atoms with E-state index in [1.54, 1.807) is 11.8 Å². The van der Waals surface area contributed by atoms with E-state index in [-0.39, 0.29) is 0 Å². The van der Waals surface area contributed by atoms with Gasteiger partial charge in [-0.3, -0.25) is 0 Å². The van der Waals surface area contributed by atoms with Crippen molar-refractivity contribution in [2.75, 3.05) is 0 Å². The minimum absolute atomic E-state index is 0.963. The number of hydrogen-bond donors (Lipinski definition) is 0. The first-order valence-corrected chi connectivity index (χ1v) is 5.46. The summed E-state index contributed by atoms with van der Waals surface area (Å²) in [6.07, 6.45) is 0.963. The van der Waals surface area contributed by atoms with Crippen molar-refractivity contribution in [2.24, 2.45) is 0 Å². The van der Waals surface area contributed by atoms with E-state index in [1.165, 1.54) is 16.0 Å². The number of hydrogen-bond acceptors (Lipinski definition) is 1. The lowest BCUT2D eigenvalue weighted by molar-refractivity contribution is 1.14. The zero-order chi connectivity index (χ0) is 10.6. The largest absolute Gasteiger partial charge is 0.0998 e. The van der Waals surface area contributed by atoms with Gasteiger partial charge in [0.1, 0.15) is 0 Å². The Kier molecular flexibility index (Phi) is 4.02. The van der Waals surface area contributed by atoms with Crippen LogP contribution in [0.25, 0.3) is 0 Å². The Morgan fingerprint density at radius 3 is 2.57 bits per heavy atom. The summed E-state index contributed by atoms with van der Waals surface area (Å²) in [6, 6.07) is 8.54. The Hall–Kier alpha value is -0.950. The summed E-state index contributed by atoms with van der Waals surface area (Å²) < 4.78 is 0. The smallest absolute Gasteiger partial charge is 0.0121 e. The molecule has 1 aromatic rings. The molecule has 0 bridgehead atoms. The lowest BCUT2D eigenvalue weighted by Crippen LogP contribution is -1.85. The predicted molar refractivity (Wildman–Crippen MR) is 65.6 cm³/mol. The van der Waals surface area contributed by atoms with Crippen LogP contribution >= 0.6 is 11.8 Å². The lowest BCUT2D eigenvalue weighted by atomic mass is 10.1. The van der Waals surface area contributed by atoms with Crippen molar-refractivity contribution in [3.8, 4) is 0 Å². The van der Waals surface area contributed by atoms with E-state index in [2.05, 4.69) is 44.3 Å². The molecule has 0 atom stereocenters. The number of benzene rings is 1. The normalized spacial score (nSPS) is 9.86. The van der Waals surface area contributed by atoms with Crippen LogP contribution in [0.1, 0.15) is 19.4 Å². The molecule has 0 fully saturated rings. The van der Waals surface area contributed by atoms with Crippen molar-refractivity contribution in [3.63, 3.8) is 0 Å². The highest BCUT2D eigenvalue weighted by Gasteiger charge is 1.97. The fourth-order valence-corrected chi connectivity index (χ4v) is 2.03. The fraction of sp³-hybridized carbons (Fsp3) is 0.231. The molecule has 74 valence electrons. The molecule has 1 rings (SSSR count). The third-order valence-electron chi connectivity index (χ3n) is 1.70. The Bertz CT molecular complexity index is 319. The highest BCUT2D eigenvalue weighted by molar-refractivity contribution is 8.03. The van der Waals surface area contributed by atoms with Crippen LogP contribution in [-0.2, 0) is 6.42 Å². The maximum Gasteiger partial charge on any atom is 0.0121 e. The van der Waals surface area contributed by atoms with Gasteiger partial charge in [-0.2, -0.15) is 0 Å². The van der Waals surface area contributed by atoms with Crippen molar-refractivity contribution < 1.29 is 0 Å². The van der Waals surface area contributed by atoms with E-state index in [0.717, 1.165) is 11.3 Å². The van der Waals surface area contributed by atoms with Gasteiger partial charge in [-0.1, -0.05) is 42.6 Å². The minimum atomic E-state index is 0.963. The molecule has 0 amide bonds. The number of rotatable bonds is 4. The van der Waals surface area contributed by atoms with Crippen LogP contribution in [-0.4, -0.2) is 0 Å². The van der Waals surface area contributed by atoms with Gasteiger partial charge in [0.05, 0.1) is 0 Å². The van der Waals surface area contributed by atoms with E-state index in [4.69, 9.17) is 0 Å². The van der Waals surface area contributed by atoms with Gasteiger partial charge in [0.2, 0.25) is 0 Å². The first-order chi connectivity index (χ1) is 6.58. The van der Waals surface area contributed by atoms with Gasteiger partial charge in [-0.15, -0.1) is 0 Å². The van der Waals surface area contributed by atoms with Gasteiger partial charge in [-0.25, -0.2) is 0 Å². The quantitative estimate of drug-likeness (QED) is 0.516. The second kappa shape index (κ2) is 5.06. The Labute approximate surface area is 90.7 Å². The van der Waals surface area contributed by atoms with E-state index in [0.29, 0.717) is 0 Å². The molecule has 0 aliphatic carbocycles. The number of thioether (sulfide) groups is 1. The minimum Gasteiger partial charge on any atom is -0.0998 e. The maximum absolute atomic E-state index is 3.92. The molecular weight excluding hydrogens is 188 g/mol. The average Bonchev–Trinajstić information content (AvgIpc) is 2.01. The summed E-state index contributed by atoms with van der Waals surface area (Å²) in [5.74, 6) is 0. The molecule has 1 aromatic carbocycles. The molecule has 1 heteroatoms. The second-order valence-electron chi connectivity index (χ2n) is 3.59. The SMILES string of the molecule is C=C(C)Cc1cccc(SC(=C)C)c1. The third-order valence-corrected chi connectivity index (χ3v) is 2.53. The summed E-state index contributed by atoms with van der Waals surface area (Å²) in [5.41, 5.74) is 2.52. The van der Waals surface area contributed by atoms with Crippen LogP contribution < -0.4 is 0 Å². The summed E-state index contributed by atoms with van der Waals surface area (Å²) in [6.45, 7) is 11.9. The first-order valence-electron chi connectivity index (χ1n) is 4.64. The van der Waals surface area contributed by atoms with Crippen molar-refractivity contribution in [3.05, 3.63) is 53.5 Å². The van der Waals surface area contributed by atoms with Gasteiger partial charge < -0.3 is 0 Å². The molecule has 14 heavy (non-hydrogen) atoms. The molecule has 0 spiro atoms. The Balaban J connectivity index is 2.78. The van der Waals surface area contributed by atoms with Crippen molar-refractivity contribution in [1.82, 2.24) is 0 Å². The number of allylic oxidation sites excluding steroid dienone is 2. The summed E-state index contributed by atoms with van der Waals surface area (Å²) in [4.78, 5) is 2.38.